The molecule has 4 atom stereocenters. The summed E-state index contributed by atoms with van der Waals surface area (Å²) in [7, 11) is 1.25. The normalized spacial score (nSPS) is 21.8. The molecule has 1 fully saturated rings. The fourth-order valence-electron chi connectivity index (χ4n) is 3.18. The summed E-state index contributed by atoms with van der Waals surface area (Å²) in [6.45, 7) is 3.80. The van der Waals surface area contributed by atoms with Crippen molar-refractivity contribution < 1.29 is 29.1 Å². The number of amides is 3. The number of nitrogens with one attached hydrogen (secondary N) is 2. The fourth-order valence-corrected chi connectivity index (χ4v) is 5.08. The Bertz CT molecular complexity index is 1020. The van der Waals surface area contributed by atoms with Crippen LogP contribution < -0.4 is 16.4 Å². The quantitative estimate of drug-likeness (QED) is 0.211. The number of carbonyl (C=O) groups excluding carboxylic acids is 3. The van der Waals surface area contributed by atoms with Crippen LogP contribution in [-0.4, -0.2) is 74.7 Å². The molecule has 3 heterocycles. The van der Waals surface area contributed by atoms with Crippen LogP contribution in [0.1, 0.15) is 26.0 Å². The highest BCUT2D eigenvalue weighted by Crippen LogP contribution is 2.37. The van der Waals surface area contributed by atoms with E-state index in [0.29, 0.717) is 5.75 Å². The maximum Gasteiger partial charge on any atom is 0.352 e. The number of aliphatic carboxylic acids is 1. The van der Waals surface area contributed by atoms with Crippen molar-refractivity contribution in [2.45, 2.75) is 37.7 Å². The van der Waals surface area contributed by atoms with Crippen LogP contribution in [0.5, 0.6) is 0 Å². The van der Waals surface area contributed by atoms with E-state index in [-0.39, 0.29) is 28.2 Å². The van der Waals surface area contributed by atoms with Gasteiger partial charge in [-0.25, -0.2) is 9.78 Å². The van der Waals surface area contributed by atoms with Gasteiger partial charge in [0.2, 0.25) is 5.91 Å². The Balaban J connectivity index is 1.69. The Morgan fingerprint density at radius 3 is 2.82 bits per heavy atom. The fraction of sp³-hybridized carbons (Fsp3) is 0.474. The Labute approximate surface area is 197 Å². The van der Waals surface area contributed by atoms with E-state index in [1.807, 2.05) is 13.8 Å². The zero-order valence-corrected chi connectivity index (χ0v) is 19.7. The Kier molecular flexibility index (Phi) is 7.71. The van der Waals surface area contributed by atoms with Gasteiger partial charge in [-0.1, -0.05) is 25.4 Å². The van der Waals surface area contributed by atoms with Crippen LogP contribution in [0.4, 0.5) is 5.13 Å². The third kappa shape index (κ3) is 5.02. The number of fused-ring (bicyclic) bond motifs is 1. The average Bonchev–Trinajstić information content (AvgIpc) is 3.26. The lowest BCUT2D eigenvalue weighted by molar-refractivity contribution is -0.150. The van der Waals surface area contributed by atoms with Crippen LogP contribution in [0.15, 0.2) is 22.3 Å². The Morgan fingerprint density at radius 2 is 2.18 bits per heavy atom. The van der Waals surface area contributed by atoms with Crippen molar-refractivity contribution in [1.29, 1.82) is 0 Å². The zero-order chi connectivity index (χ0) is 24.3. The van der Waals surface area contributed by atoms with Gasteiger partial charge in [0.05, 0.1) is 6.04 Å². The first-order valence-electron chi connectivity index (χ1n) is 10.0. The molecule has 0 aromatic carbocycles. The molecule has 0 radical (unpaired) electrons. The van der Waals surface area contributed by atoms with Gasteiger partial charge in [0.15, 0.2) is 10.8 Å². The first-order chi connectivity index (χ1) is 15.7. The van der Waals surface area contributed by atoms with E-state index in [0.717, 1.165) is 22.7 Å². The number of carboxylic acids is 1. The van der Waals surface area contributed by atoms with Crippen molar-refractivity contribution in [2.24, 2.45) is 16.8 Å². The minimum absolute atomic E-state index is 0.0189. The lowest BCUT2D eigenvalue weighted by Crippen LogP contribution is -2.70. The van der Waals surface area contributed by atoms with Crippen molar-refractivity contribution in [3.8, 4) is 0 Å². The predicted octanol–water partition coefficient (Wildman–Crippen LogP) is 0.174. The van der Waals surface area contributed by atoms with E-state index in [9.17, 15) is 24.3 Å². The number of thiazole rings is 1. The second-order valence-electron chi connectivity index (χ2n) is 7.34. The summed E-state index contributed by atoms with van der Waals surface area (Å²) in [6, 6.07) is -1.62. The van der Waals surface area contributed by atoms with Gasteiger partial charge in [-0.2, -0.15) is 0 Å². The first kappa shape index (κ1) is 24.7. The number of aromatic nitrogens is 1. The number of anilines is 1. The monoisotopic (exact) mass is 496 g/mol. The molecule has 0 spiro atoms. The number of oxime groups is 1. The molecule has 3 amide bonds. The number of hydrogen-bond donors (Lipinski definition) is 4. The number of carboxylic acid groups (broad SMARTS) is 1. The second-order valence-corrected chi connectivity index (χ2v) is 9.35. The molecule has 0 bridgehead atoms. The number of rotatable bonds is 9. The van der Waals surface area contributed by atoms with Gasteiger partial charge in [-0.15, -0.1) is 23.1 Å². The molecule has 1 saturated heterocycles. The van der Waals surface area contributed by atoms with E-state index in [1.54, 1.807) is 0 Å². The second kappa shape index (κ2) is 10.3. The Morgan fingerprint density at radius 1 is 1.45 bits per heavy atom. The van der Waals surface area contributed by atoms with Crippen molar-refractivity contribution in [3.05, 3.63) is 22.8 Å². The van der Waals surface area contributed by atoms with Crippen LogP contribution in [0.25, 0.3) is 0 Å². The number of β-lactam (4-membered cyclic amide) rings is 1. The van der Waals surface area contributed by atoms with Crippen molar-refractivity contribution >= 4 is 57.6 Å². The van der Waals surface area contributed by atoms with E-state index in [4.69, 9.17) is 10.6 Å². The molecule has 14 heteroatoms. The largest absolute Gasteiger partial charge is 0.477 e. The third-order valence-corrected chi connectivity index (χ3v) is 7.23. The minimum atomic E-state index is -1.20. The summed E-state index contributed by atoms with van der Waals surface area (Å²) < 4.78 is 0. The van der Waals surface area contributed by atoms with Crippen LogP contribution in [0.3, 0.4) is 0 Å². The highest BCUT2D eigenvalue weighted by atomic mass is 32.2. The van der Waals surface area contributed by atoms with Crippen LogP contribution in [0.2, 0.25) is 0 Å². The molecule has 12 nitrogen and oxygen atoms in total. The SMILES string of the molecule is CC[C@H](C)[C@H](N)C(=O)Nc1nc(/C(=N/OC)C(=O)N[C@@H]2C(=O)N3C(C(=O)O)=CCS[C@H]23)cs1. The van der Waals surface area contributed by atoms with Crippen molar-refractivity contribution in [1.82, 2.24) is 15.2 Å². The summed E-state index contributed by atoms with van der Waals surface area (Å²) in [6.07, 6.45) is 2.19. The molecule has 5 N–H and O–H groups in total. The van der Waals surface area contributed by atoms with Crippen molar-refractivity contribution in [3.63, 3.8) is 0 Å². The minimum Gasteiger partial charge on any atom is -0.477 e. The van der Waals surface area contributed by atoms with Crippen molar-refractivity contribution in [2.75, 3.05) is 18.2 Å². The number of carbonyl (C=O) groups is 4. The van der Waals surface area contributed by atoms with E-state index < -0.39 is 41.1 Å². The summed E-state index contributed by atoms with van der Waals surface area (Å²) in [5, 5.41) is 19.4. The van der Waals surface area contributed by atoms with Gasteiger partial charge < -0.3 is 26.3 Å². The van der Waals surface area contributed by atoms with Gasteiger partial charge in [-0.3, -0.25) is 19.3 Å². The summed E-state index contributed by atoms with van der Waals surface area (Å²) in [5.74, 6) is -2.47. The van der Waals surface area contributed by atoms with Gasteiger partial charge >= 0.3 is 5.97 Å². The number of hydrogen-bond acceptors (Lipinski definition) is 10. The van der Waals surface area contributed by atoms with E-state index in [1.165, 1.54) is 30.3 Å². The molecule has 2 aliphatic heterocycles. The van der Waals surface area contributed by atoms with Gasteiger partial charge in [0.1, 0.15) is 29.9 Å². The summed E-state index contributed by atoms with van der Waals surface area (Å²) >= 11 is 2.41. The highest BCUT2D eigenvalue weighted by molar-refractivity contribution is 8.00. The molecule has 0 aliphatic carbocycles. The number of nitrogens with two attached hydrogens (primary N) is 1. The average molecular weight is 497 g/mol. The number of thioether (sulfide) groups is 1. The molecule has 0 unspecified atom stereocenters. The van der Waals surface area contributed by atoms with Gasteiger partial charge in [-0.05, 0) is 12.0 Å². The maximum atomic E-state index is 12.9. The molecular formula is C19H24N6O6S2. The standard InChI is InChI=1S/C19H24N6O6S2/c1-4-8(2)11(20)14(26)23-19-21-9(7-33-19)12(24-31-3)15(27)22-13-16(28)25-10(18(29)30)5-6-32-17(13)25/h5,7-8,11,13,17H,4,6,20H2,1-3H3,(H,22,27)(H,29,30)(H,21,23,26)/b24-12-/t8-,11-,13+,17+/m0/s1. The molecule has 2 aliphatic rings. The molecule has 1 aromatic heterocycles. The maximum absolute atomic E-state index is 12.9. The zero-order valence-electron chi connectivity index (χ0n) is 18.1. The lowest BCUT2D eigenvalue weighted by atomic mass is 10.00. The smallest absolute Gasteiger partial charge is 0.352 e. The lowest BCUT2D eigenvalue weighted by Gasteiger charge is -2.48. The molecule has 178 valence electrons. The van der Waals surface area contributed by atoms with Crippen LogP contribution in [-0.2, 0) is 24.0 Å². The molecule has 1 aromatic rings. The van der Waals surface area contributed by atoms with E-state index in [2.05, 4.69) is 20.8 Å². The molecule has 0 saturated carbocycles. The summed E-state index contributed by atoms with van der Waals surface area (Å²) in [5.41, 5.74) is 5.77. The topological polar surface area (TPSA) is 176 Å². The third-order valence-electron chi connectivity index (χ3n) is 5.29. The van der Waals surface area contributed by atoms with E-state index >= 15 is 0 Å². The van der Waals surface area contributed by atoms with Crippen LogP contribution >= 0.6 is 23.1 Å². The molecule has 3 rings (SSSR count). The molecule has 33 heavy (non-hydrogen) atoms. The first-order valence-corrected chi connectivity index (χ1v) is 11.9. The highest BCUT2D eigenvalue weighted by Gasteiger charge is 2.53. The van der Waals surface area contributed by atoms with Gasteiger partial charge in [0, 0.05) is 11.1 Å². The summed E-state index contributed by atoms with van der Waals surface area (Å²) in [4.78, 5) is 59.1. The molecular weight excluding hydrogens is 472 g/mol. The Hall–Kier alpha value is -2.97. The van der Waals surface area contributed by atoms with Crippen LogP contribution in [0, 0.1) is 5.92 Å². The predicted molar refractivity (Wildman–Crippen MR) is 122 cm³/mol. The number of nitrogens with zero attached hydrogens (tertiary/aromatic N) is 3. The van der Waals surface area contributed by atoms with Gasteiger partial charge in [0.25, 0.3) is 11.8 Å².